The summed E-state index contributed by atoms with van der Waals surface area (Å²) in [5, 5.41) is 0. The zero-order valence-corrected chi connectivity index (χ0v) is 9.71. The van der Waals surface area contributed by atoms with Crippen molar-refractivity contribution in [1.82, 2.24) is 0 Å². The van der Waals surface area contributed by atoms with Gasteiger partial charge in [-0.05, 0) is 17.7 Å². The van der Waals surface area contributed by atoms with Crippen molar-refractivity contribution in [2.24, 2.45) is 0 Å². The van der Waals surface area contributed by atoms with Crippen LogP contribution in [0.3, 0.4) is 0 Å². The summed E-state index contributed by atoms with van der Waals surface area (Å²) < 4.78 is 5.80. The van der Waals surface area contributed by atoms with Gasteiger partial charge in [-0.1, -0.05) is 22.0 Å². The van der Waals surface area contributed by atoms with Gasteiger partial charge >= 0.3 is 5.97 Å². The van der Waals surface area contributed by atoms with Crippen LogP contribution in [-0.4, -0.2) is 17.9 Å². The number of Topliss-reactive ketones (excluding diaryl/α,β-unsaturated/α-hetero) is 1. The molecule has 0 fully saturated rings. The quantitative estimate of drug-likeness (QED) is 0.733. The Labute approximate surface area is 95.6 Å². The summed E-state index contributed by atoms with van der Waals surface area (Å²) in [7, 11) is 0. The number of hydrogen-bond donors (Lipinski definition) is 0. The van der Waals surface area contributed by atoms with E-state index >= 15 is 0 Å². The third-order valence-electron chi connectivity index (χ3n) is 2.34. The molecule has 1 aromatic carbocycles. The van der Waals surface area contributed by atoms with E-state index in [0.717, 1.165) is 10.0 Å². The van der Waals surface area contributed by atoms with Gasteiger partial charge in [-0.3, -0.25) is 9.59 Å². The topological polar surface area (TPSA) is 43.4 Å². The highest BCUT2D eigenvalue weighted by atomic mass is 79.9. The van der Waals surface area contributed by atoms with E-state index in [1.807, 2.05) is 12.1 Å². The molecule has 2 rings (SSSR count). The lowest BCUT2D eigenvalue weighted by Crippen LogP contribution is -2.22. The minimum Gasteiger partial charge on any atom is -0.454 e. The summed E-state index contributed by atoms with van der Waals surface area (Å²) in [4.78, 5) is 22.6. The molecule has 0 saturated heterocycles. The predicted molar refractivity (Wildman–Crippen MR) is 57.7 cm³/mol. The van der Waals surface area contributed by atoms with E-state index in [2.05, 4.69) is 15.9 Å². The number of halogens is 1. The zero-order chi connectivity index (χ0) is 11.0. The second-order valence-corrected chi connectivity index (χ2v) is 4.38. The summed E-state index contributed by atoms with van der Waals surface area (Å²) in [5.74, 6) is -0.526. The van der Waals surface area contributed by atoms with Crippen LogP contribution in [-0.2, 0) is 16.0 Å². The number of ether oxygens (including phenoxy) is 1. The second kappa shape index (κ2) is 3.77. The second-order valence-electron chi connectivity index (χ2n) is 3.47. The zero-order valence-electron chi connectivity index (χ0n) is 8.12. The van der Waals surface area contributed by atoms with Gasteiger partial charge in [0, 0.05) is 23.4 Å². The fourth-order valence-corrected chi connectivity index (χ4v) is 2.08. The number of hydrogen-bond acceptors (Lipinski definition) is 3. The standard InChI is InChI=1S/C11H9BrO3/c1-6(13)15-10-4-7-2-3-8(12)5-9(7)11(10)14/h2-3,5,10H,4H2,1H3. The molecule has 78 valence electrons. The van der Waals surface area contributed by atoms with E-state index in [4.69, 9.17) is 4.74 Å². The SMILES string of the molecule is CC(=O)OC1Cc2ccc(Br)cc2C1=O. The molecule has 0 radical (unpaired) electrons. The number of carbonyl (C=O) groups is 2. The Bertz CT molecular complexity index is 439. The van der Waals surface area contributed by atoms with Crippen LogP contribution in [0.2, 0.25) is 0 Å². The van der Waals surface area contributed by atoms with E-state index in [9.17, 15) is 9.59 Å². The third-order valence-corrected chi connectivity index (χ3v) is 2.84. The summed E-state index contributed by atoms with van der Waals surface area (Å²) in [6, 6.07) is 5.52. The van der Waals surface area contributed by atoms with E-state index in [1.165, 1.54) is 6.92 Å². The minimum atomic E-state index is -0.633. The fraction of sp³-hybridized carbons (Fsp3) is 0.273. The number of carbonyl (C=O) groups excluding carboxylic acids is 2. The van der Waals surface area contributed by atoms with E-state index < -0.39 is 12.1 Å². The molecule has 0 amide bonds. The van der Waals surface area contributed by atoms with Gasteiger partial charge in [-0.15, -0.1) is 0 Å². The van der Waals surface area contributed by atoms with Gasteiger partial charge < -0.3 is 4.74 Å². The number of esters is 1. The normalized spacial score (nSPS) is 18.8. The highest BCUT2D eigenvalue weighted by Gasteiger charge is 2.32. The van der Waals surface area contributed by atoms with Crippen molar-refractivity contribution in [3.63, 3.8) is 0 Å². The van der Waals surface area contributed by atoms with Crippen molar-refractivity contribution in [3.8, 4) is 0 Å². The number of benzene rings is 1. The van der Waals surface area contributed by atoms with Gasteiger partial charge in [0.25, 0.3) is 0 Å². The van der Waals surface area contributed by atoms with Crippen molar-refractivity contribution in [3.05, 3.63) is 33.8 Å². The van der Waals surface area contributed by atoms with Crippen molar-refractivity contribution >= 4 is 27.7 Å². The Morgan fingerprint density at radius 1 is 1.53 bits per heavy atom. The molecule has 15 heavy (non-hydrogen) atoms. The summed E-state index contributed by atoms with van der Waals surface area (Å²) in [6.07, 6.45) is -0.145. The van der Waals surface area contributed by atoms with E-state index in [0.29, 0.717) is 12.0 Å². The van der Waals surface area contributed by atoms with Crippen molar-refractivity contribution in [1.29, 1.82) is 0 Å². The molecule has 1 aliphatic carbocycles. The Morgan fingerprint density at radius 3 is 2.93 bits per heavy atom. The van der Waals surface area contributed by atoms with Crippen LogP contribution in [0.4, 0.5) is 0 Å². The third kappa shape index (κ3) is 1.95. The molecule has 4 heteroatoms. The smallest absolute Gasteiger partial charge is 0.303 e. The van der Waals surface area contributed by atoms with Gasteiger partial charge in [0.15, 0.2) is 6.10 Å². The molecule has 0 spiro atoms. The Kier molecular flexibility index (Phi) is 2.61. The van der Waals surface area contributed by atoms with Gasteiger partial charge in [-0.25, -0.2) is 0 Å². The average molecular weight is 269 g/mol. The fourth-order valence-electron chi connectivity index (χ4n) is 1.72. The highest BCUT2D eigenvalue weighted by molar-refractivity contribution is 9.10. The van der Waals surface area contributed by atoms with Crippen molar-refractivity contribution < 1.29 is 14.3 Å². The molecule has 0 bridgehead atoms. The summed E-state index contributed by atoms with van der Waals surface area (Å²) >= 11 is 3.30. The van der Waals surface area contributed by atoms with Crippen LogP contribution in [0.25, 0.3) is 0 Å². The van der Waals surface area contributed by atoms with Crippen LogP contribution in [0.5, 0.6) is 0 Å². The van der Waals surface area contributed by atoms with Crippen LogP contribution >= 0.6 is 15.9 Å². The summed E-state index contributed by atoms with van der Waals surface area (Å²) in [5.41, 5.74) is 1.59. The lowest BCUT2D eigenvalue weighted by Gasteiger charge is -2.06. The Hall–Kier alpha value is -1.16. The first-order chi connectivity index (χ1) is 7.08. The number of rotatable bonds is 1. The molecular weight excluding hydrogens is 260 g/mol. The van der Waals surface area contributed by atoms with Gasteiger partial charge in [0.2, 0.25) is 5.78 Å². The molecule has 1 atom stereocenters. The van der Waals surface area contributed by atoms with Crippen LogP contribution < -0.4 is 0 Å². The van der Waals surface area contributed by atoms with Crippen LogP contribution in [0.1, 0.15) is 22.8 Å². The first kappa shape index (κ1) is 10.4. The predicted octanol–water partition coefficient (Wildman–Crippen LogP) is 2.12. The van der Waals surface area contributed by atoms with E-state index in [-0.39, 0.29) is 5.78 Å². The number of fused-ring (bicyclic) bond motifs is 1. The molecule has 1 aromatic rings. The van der Waals surface area contributed by atoms with E-state index in [1.54, 1.807) is 6.07 Å². The largest absolute Gasteiger partial charge is 0.454 e. The van der Waals surface area contributed by atoms with Crippen LogP contribution in [0, 0.1) is 0 Å². The van der Waals surface area contributed by atoms with Gasteiger partial charge in [0.1, 0.15) is 0 Å². The number of ketones is 1. The van der Waals surface area contributed by atoms with Gasteiger partial charge in [0.05, 0.1) is 0 Å². The summed E-state index contributed by atoms with van der Waals surface area (Å²) in [6.45, 7) is 1.31. The van der Waals surface area contributed by atoms with Crippen molar-refractivity contribution in [2.75, 3.05) is 0 Å². The maximum absolute atomic E-state index is 11.8. The molecule has 1 unspecified atom stereocenters. The Balaban J connectivity index is 2.29. The average Bonchev–Trinajstić information content (AvgIpc) is 2.44. The lowest BCUT2D eigenvalue weighted by molar-refractivity contribution is -0.144. The molecule has 0 saturated carbocycles. The molecule has 0 aliphatic heterocycles. The van der Waals surface area contributed by atoms with Gasteiger partial charge in [-0.2, -0.15) is 0 Å². The molecule has 3 nitrogen and oxygen atoms in total. The van der Waals surface area contributed by atoms with Crippen molar-refractivity contribution in [2.45, 2.75) is 19.4 Å². The maximum Gasteiger partial charge on any atom is 0.303 e. The maximum atomic E-state index is 11.8. The van der Waals surface area contributed by atoms with Crippen LogP contribution in [0.15, 0.2) is 22.7 Å². The molecule has 1 aliphatic rings. The molecule has 0 heterocycles. The highest BCUT2D eigenvalue weighted by Crippen LogP contribution is 2.27. The monoisotopic (exact) mass is 268 g/mol. The minimum absolute atomic E-state index is 0.110. The first-order valence-electron chi connectivity index (χ1n) is 4.58. The lowest BCUT2D eigenvalue weighted by atomic mass is 10.1. The first-order valence-corrected chi connectivity index (χ1v) is 5.37. The molecular formula is C11H9BrO3. The molecule has 0 N–H and O–H groups in total. The Morgan fingerprint density at radius 2 is 2.27 bits per heavy atom. The molecule has 0 aromatic heterocycles.